The van der Waals surface area contributed by atoms with Gasteiger partial charge in [-0.1, -0.05) is 31.2 Å². The van der Waals surface area contributed by atoms with E-state index in [-0.39, 0.29) is 5.91 Å². The summed E-state index contributed by atoms with van der Waals surface area (Å²) < 4.78 is 0. The molecule has 2 N–H and O–H groups in total. The molecule has 120 valence electrons. The van der Waals surface area contributed by atoms with Gasteiger partial charge in [0.2, 0.25) is 5.91 Å². The fourth-order valence-corrected chi connectivity index (χ4v) is 3.06. The lowest BCUT2D eigenvalue weighted by atomic mass is 10.0. The van der Waals surface area contributed by atoms with Gasteiger partial charge in [0.15, 0.2) is 0 Å². The predicted octanol–water partition coefficient (Wildman–Crippen LogP) is 1.72. The molecule has 1 atom stereocenters. The first-order valence-electron chi connectivity index (χ1n) is 8.56. The minimum atomic E-state index is 0.170. The Labute approximate surface area is 133 Å². The third kappa shape index (κ3) is 4.08. The molecule has 1 unspecified atom stereocenters. The second-order valence-electron chi connectivity index (χ2n) is 6.53. The van der Waals surface area contributed by atoms with Crippen molar-refractivity contribution < 1.29 is 4.79 Å². The smallest absolute Gasteiger partial charge is 0.234 e. The van der Waals surface area contributed by atoms with E-state index in [4.69, 9.17) is 0 Å². The highest BCUT2D eigenvalue weighted by atomic mass is 16.2. The molecule has 4 heteroatoms. The van der Waals surface area contributed by atoms with E-state index in [1.807, 2.05) is 0 Å². The Balaban J connectivity index is 1.60. The van der Waals surface area contributed by atoms with Crippen LogP contribution >= 0.6 is 0 Å². The Hall–Kier alpha value is -1.39. The molecule has 1 heterocycles. The predicted molar refractivity (Wildman–Crippen MR) is 88.7 cm³/mol. The second-order valence-corrected chi connectivity index (χ2v) is 6.53. The SMILES string of the molecule is CCc1ccc(C2CNCCN2CC(=O)NCC2CC2)cc1. The van der Waals surface area contributed by atoms with Crippen LogP contribution in [0, 0.1) is 5.92 Å². The number of carbonyl (C=O) groups excluding carboxylic acids is 1. The molecule has 0 aromatic heterocycles. The van der Waals surface area contributed by atoms with E-state index in [9.17, 15) is 4.79 Å². The summed E-state index contributed by atoms with van der Waals surface area (Å²) in [6, 6.07) is 9.13. The van der Waals surface area contributed by atoms with Crippen molar-refractivity contribution in [3.63, 3.8) is 0 Å². The number of aryl methyl sites for hydroxylation is 1. The highest BCUT2D eigenvalue weighted by molar-refractivity contribution is 5.78. The van der Waals surface area contributed by atoms with Crippen LogP contribution in [-0.4, -0.2) is 43.5 Å². The highest BCUT2D eigenvalue weighted by Gasteiger charge is 2.26. The van der Waals surface area contributed by atoms with Crippen LogP contribution in [-0.2, 0) is 11.2 Å². The molecule has 1 saturated carbocycles. The van der Waals surface area contributed by atoms with E-state index < -0.39 is 0 Å². The molecule has 2 fully saturated rings. The molecule has 4 nitrogen and oxygen atoms in total. The lowest BCUT2D eigenvalue weighted by Crippen LogP contribution is -2.49. The summed E-state index contributed by atoms with van der Waals surface area (Å²) in [6.07, 6.45) is 3.62. The highest BCUT2D eigenvalue weighted by Crippen LogP contribution is 2.27. The summed E-state index contributed by atoms with van der Waals surface area (Å²) in [5, 5.41) is 6.53. The molecule has 1 amide bonds. The number of rotatable bonds is 6. The van der Waals surface area contributed by atoms with Gasteiger partial charge in [0.25, 0.3) is 0 Å². The Kier molecular flexibility index (Phi) is 5.11. The summed E-state index contributed by atoms with van der Waals surface area (Å²) in [7, 11) is 0. The maximum atomic E-state index is 12.1. The fraction of sp³-hybridized carbons (Fsp3) is 0.611. The first kappa shape index (κ1) is 15.5. The average molecular weight is 301 g/mol. The van der Waals surface area contributed by atoms with Gasteiger partial charge in [0.1, 0.15) is 0 Å². The van der Waals surface area contributed by atoms with Crippen molar-refractivity contribution in [2.75, 3.05) is 32.7 Å². The molecule has 22 heavy (non-hydrogen) atoms. The Morgan fingerprint density at radius 1 is 1.32 bits per heavy atom. The molecule has 1 aliphatic heterocycles. The molecule has 0 bridgehead atoms. The number of carbonyl (C=O) groups is 1. The van der Waals surface area contributed by atoms with Gasteiger partial charge in [0.05, 0.1) is 6.54 Å². The lowest BCUT2D eigenvalue weighted by molar-refractivity contribution is -0.123. The van der Waals surface area contributed by atoms with Gasteiger partial charge < -0.3 is 10.6 Å². The number of hydrogen-bond donors (Lipinski definition) is 2. The van der Waals surface area contributed by atoms with E-state index in [1.165, 1.54) is 24.0 Å². The Morgan fingerprint density at radius 2 is 2.09 bits per heavy atom. The van der Waals surface area contributed by atoms with Crippen molar-refractivity contribution in [2.24, 2.45) is 5.92 Å². The van der Waals surface area contributed by atoms with Crippen LogP contribution in [0.25, 0.3) is 0 Å². The molecule has 0 radical (unpaired) electrons. The second kappa shape index (κ2) is 7.25. The van der Waals surface area contributed by atoms with E-state index in [0.29, 0.717) is 12.6 Å². The van der Waals surface area contributed by atoms with Gasteiger partial charge in [-0.25, -0.2) is 0 Å². The number of benzene rings is 1. The van der Waals surface area contributed by atoms with E-state index >= 15 is 0 Å². The molecule has 1 aromatic rings. The minimum absolute atomic E-state index is 0.170. The van der Waals surface area contributed by atoms with E-state index in [0.717, 1.165) is 38.5 Å². The quantitative estimate of drug-likeness (QED) is 0.841. The van der Waals surface area contributed by atoms with Crippen LogP contribution < -0.4 is 10.6 Å². The fourth-order valence-electron chi connectivity index (χ4n) is 3.06. The van der Waals surface area contributed by atoms with Crippen molar-refractivity contribution in [1.29, 1.82) is 0 Å². The monoisotopic (exact) mass is 301 g/mol. The first-order chi connectivity index (χ1) is 10.8. The number of piperazine rings is 1. The number of nitrogens with one attached hydrogen (secondary N) is 2. The topological polar surface area (TPSA) is 44.4 Å². The Morgan fingerprint density at radius 3 is 2.77 bits per heavy atom. The van der Waals surface area contributed by atoms with Gasteiger partial charge in [0, 0.05) is 32.2 Å². The molecule has 1 saturated heterocycles. The summed E-state index contributed by atoms with van der Waals surface area (Å²) in [5.74, 6) is 0.910. The van der Waals surface area contributed by atoms with Gasteiger partial charge in [-0.3, -0.25) is 9.69 Å². The molecule has 0 spiro atoms. The van der Waals surface area contributed by atoms with Crippen LogP contribution in [0.15, 0.2) is 24.3 Å². The van der Waals surface area contributed by atoms with Gasteiger partial charge in [-0.05, 0) is 36.3 Å². The van der Waals surface area contributed by atoms with Crippen LogP contribution in [0.4, 0.5) is 0 Å². The standard InChI is InChI=1S/C18H27N3O/c1-2-14-5-7-16(8-6-14)17-12-19-9-10-21(17)13-18(22)20-11-15-3-4-15/h5-8,15,17,19H,2-4,9-13H2,1H3,(H,20,22). The summed E-state index contributed by atoms with van der Waals surface area (Å²) >= 11 is 0. The first-order valence-corrected chi connectivity index (χ1v) is 8.56. The number of hydrogen-bond acceptors (Lipinski definition) is 3. The molecule has 1 aliphatic carbocycles. The van der Waals surface area contributed by atoms with Crippen molar-refractivity contribution >= 4 is 5.91 Å². The third-order valence-corrected chi connectivity index (χ3v) is 4.76. The minimum Gasteiger partial charge on any atom is -0.355 e. The summed E-state index contributed by atoms with van der Waals surface area (Å²) in [5.41, 5.74) is 2.67. The third-order valence-electron chi connectivity index (χ3n) is 4.76. The molecular weight excluding hydrogens is 274 g/mol. The normalized spacial score (nSPS) is 22.5. The maximum absolute atomic E-state index is 12.1. The zero-order chi connectivity index (χ0) is 15.4. The summed E-state index contributed by atoms with van der Waals surface area (Å²) in [4.78, 5) is 14.5. The maximum Gasteiger partial charge on any atom is 0.234 e. The van der Waals surface area contributed by atoms with Crippen LogP contribution in [0.1, 0.15) is 36.9 Å². The van der Waals surface area contributed by atoms with Crippen molar-refractivity contribution in [2.45, 2.75) is 32.2 Å². The van der Waals surface area contributed by atoms with Gasteiger partial charge in [-0.2, -0.15) is 0 Å². The van der Waals surface area contributed by atoms with E-state index in [1.54, 1.807) is 0 Å². The van der Waals surface area contributed by atoms with Crippen LogP contribution in [0.2, 0.25) is 0 Å². The van der Waals surface area contributed by atoms with Crippen molar-refractivity contribution in [1.82, 2.24) is 15.5 Å². The molecular formula is C18H27N3O. The van der Waals surface area contributed by atoms with Crippen LogP contribution in [0.3, 0.4) is 0 Å². The Bertz CT molecular complexity index is 496. The van der Waals surface area contributed by atoms with Gasteiger partial charge in [-0.15, -0.1) is 0 Å². The average Bonchev–Trinajstić information content (AvgIpc) is 3.38. The number of amides is 1. The lowest BCUT2D eigenvalue weighted by Gasteiger charge is -2.36. The summed E-state index contributed by atoms with van der Waals surface area (Å²) in [6.45, 7) is 6.35. The van der Waals surface area contributed by atoms with Crippen molar-refractivity contribution in [3.8, 4) is 0 Å². The van der Waals surface area contributed by atoms with Crippen LogP contribution in [0.5, 0.6) is 0 Å². The van der Waals surface area contributed by atoms with Gasteiger partial charge >= 0.3 is 0 Å². The molecule has 1 aromatic carbocycles. The van der Waals surface area contributed by atoms with Crippen molar-refractivity contribution in [3.05, 3.63) is 35.4 Å². The molecule has 2 aliphatic rings. The largest absolute Gasteiger partial charge is 0.355 e. The molecule has 3 rings (SSSR count). The zero-order valence-electron chi connectivity index (χ0n) is 13.5. The van der Waals surface area contributed by atoms with E-state index in [2.05, 4.69) is 46.7 Å². The zero-order valence-corrected chi connectivity index (χ0v) is 13.5. The number of nitrogens with zero attached hydrogens (tertiary/aromatic N) is 1.